The van der Waals surface area contributed by atoms with E-state index < -0.39 is 0 Å². The largest absolute Gasteiger partial charge is 0.365 e. The minimum Gasteiger partial charge on any atom is -0.365 e. The number of carbonyl (C=O) groups excluding carboxylic acids is 1. The van der Waals surface area contributed by atoms with Gasteiger partial charge in [-0.25, -0.2) is 0 Å². The van der Waals surface area contributed by atoms with Gasteiger partial charge in [-0.15, -0.1) is 0 Å². The molecule has 0 N–H and O–H groups in total. The third-order valence-corrected chi connectivity index (χ3v) is 6.93. The summed E-state index contributed by atoms with van der Waals surface area (Å²) < 4.78 is 5.59. The molecule has 1 atom stereocenters. The first-order valence-electron chi connectivity index (χ1n) is 8.14. The van der Waals surface area contributed by atoms with Gasteiger partial charge < -0.3 is 3.87 Å². The van der Waals surface area contributed by atoms with Crippen LogP contribution >= 0.6 is 23.8 Å². The Labute approximate surface area is 136 Å². The molecule has 0 rings (SSSR count). The molecule has 20 heavy (non-hydrogen) atoms. The molecule has 0 bridgehead atoms. The van der Waals surface area contributed by atoms with Crippen LogP contribution in [-0.4, -0.2) is 25.9 Å². The maximum Gasteiger partial charge on any atom is 0.189 e. The van der Waals surface area contributed by atoms with E-state index in [1.165, 1.54) is 49.9 Å². The highest BCUT2D eigenvalue weighted by Gasteiger charge is 2.09. The summed E-state index contributed by atoms with van der Waals surface area (Å²) in [5.41, 5.74) is 0. The van der Waals surface area contributed by atoms with Crippen LogP contribution in [0.5, 0.6) is 0 Å². The summed E-state index contributed by atoms with van der Waals surface area (Å²) in [6.45, 7) is 6.58. The Morgan fingerprint density at radius 3 is 2.60 bits per heavy atom. The zero-order chi connectivity index (χ0) is 15.1. The molecule has 0 saturated heterocycles. The minimum absolute atomic E-state index is 0.285. The zero-order valence-electron chi connectivity index (χ0n) is 13.5. The second-order valence-corrected chi connectivity index (χ2v) is 9.45. The van der Waals surface area contributed by atoms with Crippen molar-refractivity contribution in [1.82, 2.24) is 0 Å². The van der Waals surface area contributed by atoms with Crippen molar-refractivity contribution in [2.24, 2.45) is 0 Å². The van der Waals surface area contributed by atoms with E-state index in [9.17, 15) is 4.79 Å². The lowest BCUT2D eigenvalue weighted by molar-refractivity contribution is -0.111. The fourth-order valence-electron chi connectivity index (χ4n) is 1.75. The van der Waals surface area contributed by atoms with Crippen molar-refractivity contribution in [3.05, 3.63) is 0 Å². The molecule has 0 aromatic rings. The van der Waals surface area contributed by atoms with Gasteiger partial charge in [-0.2, -0.15) is 0 Å². The van der Waals surface area contributed by atoms with Crippen LogP contribution in [0.25, 0.3) is 0 Å². The van der Waals surface area contributed by atoms with Crippen molar-refractivity contribution in [3.8, 4) is 0 Å². The SMILES string of the molecule is CCCCCCCC(=O)SC(C)CCSO[SiH2]CCC. The maximum atomic E-state index is 11.8. The monoisotopic (exact) mass is 336 g/mol. The molecule has 0 aliphatic rings. The number of unbranched alkanes of at least 4 members (excludes halogenated alkanes) is 4. The van der Waals surface area contributed by atoms with Crippen molar-refractivity contribution in [1.29, 1.82) is 0 Å². The highest BCUT2D eigenvalue weighted by Crippen LogP contribution is 2.20. The highest BCUT2D eigenvalue weighted by molar-refractivity contribution is 8.14. The molecule has 0 aromatic heterocycles. The van der Waals surface area contributed by atoms with Crippen LogP contribution in [0.2, 0.25) is 6.04 Å². The number of rotatable bonds is 14. The molecule has 1 unspecified atom stereocenters. The molecule has 5 heteroatoms. The zero-order valence-corrected chi connectivity index (χ0v) is 16.5. The molecule has 0 radical (unpaired) electrons. The summed E-state index contributed by atoms with van der Waals surface area (Å²) in [4.78, 5) is 11.8. The molecular formula is C15H32O2S2Si. The number of hydrogen-bond donors (Lipinski definition) is 0. The molecule has 0 aliphatic heterocycles. The summed E-state index contributed by atoms with van der Waals surface area (Å²) >= 11 is 3.15. The van der Waals surface area contributed by atoms with Crippen LogP contribution in [0.1, 0.15) is 72.1 Å². The molecule has 0 spiro atoms. The van der Waals surface area contributed by atoms with Crippen molar-refractivity contribution in [2.45, 2.75) is 83.4 Å². The van der Waals surface area contributed by atoms with E-state index in [1.54, 1.807) is 12.0 Å². The van der Waals surface area contributed by atoms with Gasteiger partial charge in [0.1, 0.15) is 0 Å². The molecule has 0 aromatic carbocycles. The normalized spacial score (nSPS) is 13.2. The van der Waals surface area contributed by atoms with Crippen LogP contribution in [0.3, 0.4) is 0 Å². The Hall–Kier alpha value is 0.547. The molecule has 0 fully saturated rings. The van der Waals surface area contributed by atoms with Gasteiger partial charge in [0, 0.05) is 17.4 Å². The smallest absolute Gasteiger partial charge is 0.189 e. The minimum atomic E-state index is -0.285. The summed E-state index contributed by atoms with van der Waals surface area (Å²) in [6, 6.07) is 1.27. The Morgan fingerprint density at radius 2 is 1.90 bits per heavy atom. The van der Waals surface area contributed by atoms with Gasteiger partial charge in [0.25, 0.3) is 0 Å². The Morgan fingerprint density at radius 1 is 1.15 bits per heavy atom. The number of carbonyl (C=O) groups is 1. The molecule has 120 valence electrons. The van der Waals surface area contributed by atoms with E-state index in [2.05, 4.69) is 20.8 Å². The fourth-order valence-corrected chi connectivity index (χ4v) is 5.00. The average molecular weight is 337 g/mol. The Balaban J connectivity index is 3.36. The predicted molar refractivity (Wildman–Crippen MR) is 97.2 cm³/mol. The van der Waals surface area contributed by atoms with E-state index in [0.29, 0.717) is 10.4 Å². The van der Waals surface area contributed by atoms with E-state index in [4.69, 9.17) is 3.87 Å². The summed E-state index contributed by atoms with van der Waals surface area (Å²) in [5.74, 6) is 1.02. The second-order valence-electron chi connectivity index (χ2n) is 5.25. The van der Waals surface area contributed by atoms with Crippen molar-refractivity contribution in [3.63, 3.8) is 0 Å². The van der Waals surface area contributed by atoms with Gasteiger partial charge in [0.05, 0.1) is 0 Å². The summed E-state index contributed by atoms with van der Waals surface area (Å²) in [5, 5.41) is 0.808. The van der Waals surface area contributed by atoms with Gasteiger partial charge in [0.2, 0.25) is 0 Å². The molecule has 2 nitrogen and oxygen atoms in total. The molecule has 0 amide bonds. The fraction of sp³-hybridized carbons (Fsp3) is 0.933. The van der Waals surface area contributed by atoms with Crippen molar-refractivity contribution in [2.75, 3.05) is 5.75 Å². The topological polar surface area (TPSA) is 26.3 Å². The van der Waals surface area contributed by atoms with E-state index in [-0.39, 0.29) is 9.76 Å². The summed E-state index contributed by atoms with van der Waals surface area (Å²) in [7, 11) is -0.285. The predicted octanol–water partition coefficient (Wildman–Crippen LogP) is 4.96. The first-order chi connectivity index (χ1) is 9.70. The van der Waals surface area contributed by atoms with Gasteiger partial charge in [-0.05, 0) is 30.9 Å². The standard InChI is InChI=1S/C15H32O2S2Si/c1-4-6-7-8-9-10-15(16)19-14(3)11-12-18-17-20-13-5-2/h14H,4-13,20H2,1-3H3. The van der Waals surface area contributed by atoms with E-state index in [1.807, 2.05) is 0 Å². The first kappa shape index (κ1) is 20.5. The molecular weight excluding hydrogens is 304 g/mol. The molecule has 0 saturated carbocycles. The number of thioether (sulfide) groups is 1. The average Bonchev–Trinajstić information content (AvgIpc) is 2.42. The third-order valence-electron chi connectivity index (χ3n) is 3.09. The van der Waals surface area contributed by atoms with Gasteiger partial charge in [0.15, 0.2) is 14.9 Å². The lowest BCUT2D eigenvalue weighted by Gasteiger charge is -2.09. The summed E-state index contributed by atoms with van der Waals surface area (Å²) in [6.07, 6.45) is 9.19. The van der Waals surface area contributed by atoms with Crippen LogP contribution in [0.15, 0.2) is 0 Å². The van der Waals surface area contributed by atoms with Crippen LogP contribution < -0.4 is 0 Å². The lowest BCUT2D eigenvalue weighted by Crippen LogP contribution is -2.04. The van der Waals surface area contributed by atoms with Gasteiger partial charge in [-0.1, -0.05) is 64.6 Å². The van der Waals surface area contributed by atoms with E-state index in [0.717, 1.165) is 25.0 Å². The van der Waals surface area contributed by atoms with Gasteiger partial charge in [-0.3, -0.25) is 4.79 Å². The molecule has 0 aliphatic carbocycles. The van der Waals surface area contributed by atoms with Gasteiger partial charge >= 0.3 is 0 Å². The van der Waals surface area contributed by atoms with Crippen molar-refractivity contribution < 1.29 is 8.67 Å². The number of hydrogen-bond acceptors (Lipinski definition) is 4. The maximum absolute atomic E-state index is 11.8. The molecule has 0 heterocycles. The van der Waals surface area contributed by atoms with Crippen molar-refractivity contribution >= 4 is 38.7 Å². The highest BCUT2D eigenvalue weighted by atomic mass is 32.2. The second kappa shape index (κ2) is 15.9. The Kier molecular flexibility index (Phi) is 16.4. The Bertz CT molecular complexity index is 228. The van der Waals surface area contributed by atoms with Crippen LogP contribution in [0.4, 0.5) is 0 Å². The van der Waals surface area contributed by atoms with Crippen LogP contribution in [-0.2, 0) is 8.67 Å². The first-order valence-corrected chi connectivity index (χ1v) is 11.5. The van der Waals surface area contributed by atoms with Crippen LogP contribution in [0, 0.1) is 0 Å². The quantitative estimate of drug-likeness (QED) is 0.254. The lowest BCUT2D eigenvalue weighted by atomic mass is 10.1. The van der Waals surface area contributed by atoms with E-state index >= 15 is 0 Å². The third kappa shape index (κ3) is 14.9.